The maximum absolute atomic E-state index is 12.8. The van der Waals surface area contributed by atoms with Gasteiger partial charge in [0.1, 0.15) is 0 Å². The highest BCUT2D eigenvalue weighted by atomic mass is 16.4. The van der Waals surface area contributed by atoms with E-state index in [1.807, 2.05) is 19.1 Å². The summed E-state index contributed by atoms with van der Waals surface area (Å²) in [4.78, 5) is 26.0. The molecule has 0 aromatic carbocycles. The molecule has 1 aliphatic heterocycles. The molecule has 0 N–H and O–H groups in total. The van der Waals surface area contributed by atoms with Gasteiger partial charge in [0.05, 0.1) is 0 Å². The van der Waals surface area contributed by atoms with Gasteiger partial charge in [-0.1, -0.05) is 19.3 Å². The zero-order valence-electron chi connectivity index (χ0n) is 14.9. The van der Waals surface area contributed by atoms with Crippen LogP contribution < -0.4 is 4.90 Å². The van der Waals surface area contributed by atoms with Gasteiger partial charge < -0.3 is 14.2 Å². The summed E-state index contributed by atoms with van der Waals surface area (Å²) >= 11 is 0. The molecule has 2 aromatic rings. The van der Waals surface area contributed by atoms with Crippen LogP contribution in [0.15, 0.2) is 16.5 Å². The molecule has 0 bridgehead atoms. The Balaban J connectivity index is 1.44. The number of nitrogens with zero attached hydrogens (tertiary/aromatic N) is 4. The molecule has 0 unspecified atom stereocenters. The Bertz CT molecular complexity index is 751. The molecule has 2 aliphatic rings. The lowest BCUT2D eigenvalue weighted by atomic mass is 9.88. The fraction of sp³-hybridized carbons (Fsp3) is 0.632. The number of carbonyl (C=O) groups is 1. The zero-order chi connectivity index (χ0) is 17.2. The molecule has 1 aliphatic carbocycles. The van der Waals surface area contributed by atoms with Gasteiger partial charge in [0, 0.05) is 37.8 Å². The predicted molar refractivity (Wildman–Crippen MR) is 96.5 cm³/mol. The summed E-state index contributed by atoms with van der Waals surface area (Å²) < 4.78 is 5.88. The van der Waals surface area contributed by atoms with Crippen LogP contribution in [0.5, 0.6) is 0 Å². The van der Waals surface area contributed by atoms with E-state index in [1.165, 1.54) is 19.3 Å². The number of rotatable bonds is 2. The summed E-state index contributed by atoms with van der Waals surface area (Å²) in [5, 5.41) is 0. The molecular weight excluding hydrogens is 316 g/mol. The molecule has 1 saturated heterocycles. The van der Waals surface area contributed by atoms with Gasteiger partial charge in [-0.15, -0.1) is 0 Å². The van der Waals surface area contributed by atoms with E-state index < -0.39 is 0 Å². The highest BCUT2D eigenvalue weighted by molar-refractivity contribution is 5.79. The second kappa shape index (κ2) is 7.02. The number of aromatic nitrogens is 2. The van der Waals surface area contributed by atoms with Crippen LogP contribution in [-0.4, -0.2) is 47.0 Å². The van der Waals surface area contributed by atoms with E-state index in [9.17, 15) is 4.79 Å². The van der Waals surface area contributed by atoms with Crippen molar-refractivity contribution in [2.24, 2.45) is 5.92 Å². The van der Waals surface area contributed by atoms with Crippen LogP contribution in [0.4, 0.5) is 6.01 Å². The first-order chi connectivity index (χ1) is 12.2. The third-order valence-electron chi connectivity index (χ3n) is 5.41. The van der Waals surface area contributed by atoms with Crippen molar-refractivity contribution in [1.29, 1.82) is 0 Å². The third kappa shape index (κ3) is 3.48. The van der Waals surface area contributed by atoms with Crippen LogP contribution >= 0.6 is 0 Å². The van der Waals surface area contributed by atoms with Crippen molar-refractivity contribution in [2.45, 2.75) is 45.4 Å². The molecule has 2 aromatic heterocycles. The number of carbonyl (C=O) groups excluding carboxylic acids is 1. The number of oxazole rings is 1. The monoisotopic (exact) mass is 342 g/mol. The molecule has 0 radical (unpaired) electrons. The zero-order valence-corrected chi connectivity index (χ0v) is 14.9. The van der Waals surface area contributed by atoms with Gasteiger partial charge in [0.15, 0.2) is 5.58 Å². The summed E-state index contributed by atoms with van der Waals surface area (Å²) in [6, 6.07) is 4.48. The second-order valence-corrected chi connectivity index (χ2v) is 7.27. The molecule has 6 nitrogen and oxygen atoms in total. The van der Waals surface area contributed by atoms with Gasteiger partial charge in [-0.25, -0.2) is 4.98 Å². The molecule has 3 heterocycles. The Hall–Kier alpha value is -2.11. The first-order valence-corrected chi connectivity index (χ1v) is 9.48. The van der Waals surface area contributed by atoms with Crippen LogP contribution in [0.25, 0.3) is 11.2 Å². The average molecular weight is 342 g/mol. The maximum atomic E-state index is 12.8. The number of pyridine rings is 1. The summed E-state index contributed by atoms with van der Waals surface area (Å²) in [5.41, 5.74) is 2.32. The lowest BCUT2D eigenvalue weighted by molar-refractivity contribution is -0.136. The van der Waals surface area contributed by atoms with Gasteiger partial charge in [0.2, 0.25) is 11.6 Å². The van der Waals surface area contributed by atoms with Crippen LogP contribution in [0.1, 0.15) is 44.2 Å². The molecule has 0 atom stereocenters. The minimum absolute atomic E-state index is 0.247. The Morgan fingerprint density at radius 1 is 1.04 bits per heavy atom. The highest BCUT2D eigenvalue weighted by Gasteiger charge is 2.28. The van der Waals surface area contributed by atoms with E-state index in [4.69, 9.17) is 4.42 Å². The van der Waals surface area contributed by atoms with Crippen molar-refractivity contribution in [3.8, 4) is 0 Å². The Morgan fingerprint density at radius 3 is 2.72 bits per heavy atom. The van der Waals surface area contributed by atoms with Crippen LogP contribution in [0.3, 0.4) is 0 Å². The number of fused-ring (bicyclic) bond motifs is 1. The fourth-order valence-corrected chi connectivity index (χ4v) is 3.97. The number of amides is 1. The first kappa shape index (κ1) is 16.4. The van der Waals surface area contributed by atoms with Crippen molar-refractivity contribution >= 4 is 23.2 Å². The number of anilines is 1. The van der Waals surface area contributed by atoms with E-state index in [2.05, 4.69) is 19.8 Å². The average Bonchev–Trinajstić information content (AvgIpc) is 2.89. The van der Waals surface area contributed by atoms with Gasteiger partial charge >= 0.3 is 0 Å². The smallest absolute Gasteiger partial charge is 0.300 e. The lowest BCUT2D eigenvalue weighted by Gasteiger charge is -2.28. The minimum atomic E-state index is 0.247. The van der Waals surface area contributed by atoms with E-state index in [-0.39, 0.29) is 5.92 Å². The predicted octanol–water partition coefficient (Wildman–Crippen LogP) is 3.15. The minimum Gasteiger partial charge on any atom is -0.422 e. The maximum Gasteiger partial charge on any atom is 0.300 e. The summed E-state index contributed by atoms with van der Waals surface area (Å²) in [6.45, 7) is 5.17. The van der Waals surface area contributed by atoms with E-state index in [0.29, 0.717) is 17.6 Å². The quantitative estimate of drug-likeness (QED) is 0.839. The fourth-order valence-electron chi connectivity index (χ4n) is 3.97. The van der Waals surface area contributed by atoms with Gasteiger partial charge in [-0.3, -0.25) is 4.79 Å². The molecule has 2 fully saturated rings. The van der Waals surface area contributed by atoms with Crippen LogP contribution in [0.2, 0.25) is 0 Å². The summed E-state index contributed by atoms with van der Waals surface area (Å²) in [7, 11) is 0. The molecule has 1 saturated carbocycles. The van der Waals surface area contributed by atoms with Crippen LogP contribution in [-0.2, 0) is 4.79 Å². The molecule has 25 heavy (non-hydrogen) atoms. The van der Waals surface area contributed by atoms with E-state index >= 15 is 0 Å². The van der Waals surface area contributed by atoms with Crippen molar-refractivity contribution in [1.82, 2.24) is 14.9 Å². The topological polar surface area (TPSA) is 62.5 Å². The number of hydrogen-bond donors (Lipinski definition) is 0. The van der Waals surface area contributed by atoms with Gasteiger partial charge in [0.25, 0.3) is 6.01 Å². The van der Waals surface area contributed by atoms with Crippen LogP contribution in [0, 0.1) is 12.8 Å². The largest absolute Gasteiger partial charge is 0.422 e. The van der Waals surface area contributed by atoms with Crippen molar-refractivity contribution < 1.29 is 9.21 Å². The number of aryl methyl sites for hydroxylation is 1. The van der Waals surface area contributed by atoms with Crippen molar-refractivity contribution in [3.63, 3.8) is 0 Å². The first-order valence-electron chi connectivity index (χ1n) is 9.48. The number of hydrogen-bond acceptors (Lipinski definition) is 5. The van der Waals surface area contributed by atoms with E-state index in [0.717, 1.165) is 56.7 Å². The SMILES string of the molecule is Cc1ccc2oc(N3CCCN(C(=O)C4CCCCC4)CC3)nc2n1. The molecule has 4 rings (SSSR count). The normalized spacial score (nSPS) is 20.0. The summed E-state index contributed by atoms with van der Waals surface area (Å²) in [5.74, 6) is 0.605. The molecule has 1 amide bonds. The third-order valence-corrected chi connectivity index (χ3v) is 5.41. The Kier molecular flexibility index (Phi) is 4.59. The van der Waals surface area contributed by atoms with Crippen molar-refractivity contribution in [2.75, 3.05) is 31.1 Å². The summed E-state index contributed by atoms with van der Waals surface area (Å²) in [6.07, 6.45) is 6.76. The molecule has 0 spiro atoms. The standard InChI is InChI=1S/C19H26N4O2/c1-14-8-9-16-17(20-14)21-19(25-16)23-11-5-10-22(12-13-23)18(24)15-6-3-2-4-7-15/h8-9,15H,2-7,10-13H2,1H3. The highest BCUT2D eigenvalue weighted by Crippen LogP contribution is 2.27. The molecular formula is C19H26N4O2. The Labute approximate surface area is 148 Å². The van der Waals surface area contributed by atoms with Gasteiger partial charge in [-0.05, 0) is 38.3 Å². The van der Waals surface area contributed by atoms with Crippen molar-refractivity contribution in [3.05, 3.63) is 17.8 Å². The molecule has 134 valence electrons. The second-order valence-electron chi connectivity index (χ2n) is 7.27. The Morgan fingerprint density at radius 2 is 1.88 bits per heavy atom. The molecule has 6 heteroatoms. The van der Waals surface area contributed by atoms with E-state index in [1.54, 1.807) is 0 Å². The van der Waals surface area contributed by atoms with Gasteiger partial charge in [-0.2, -0.15) is 4.98 Å². The lowest BCUT2D eigenvalue weighted by Crippen LogP contribution is -2.39.